The lowest BCUT2D eigenvalue weighted by molar-refractivity contribution is 0.103. The van der Waals surface area contributed by atoms with Crippen molar-refractivity contribution in [3.63, 3.8) is 0 Å². The molecule has 0 radical (unpaired) electrons. The summed E-state index contributed by atoms with van der Waals surface area (Å²) in [6, 6.07) is 6.53. The lowest BCUT2D eigenvalue weighted by atomic mass is 9.95. The smallest absolute Gasteiger partial charge is 0.196 e. The molecule has 2 aromatic rings. The van der Waals surface area contributed by atoms with Crippen LogP contribution in [0.5, 0.6) is 0 Å². The van der Waals surface area contributed by atoms with Crippen molar-refractivity contribution >= 4 is 27.4 Å². The minimum absolute atomic E-state index is 0.0207. The van der Waals surface area contributed by atoms with Crippen molar-refractivity contribution in [2.45, 2.75) is 20.8 Å². The van der Waals surface area contributed by atoms with Crippen LogP contribution in [-0.2, 0) is 0 Å². The van der Waals surface area contributed by atoms with Gasteiger partial charge in [-0.05, 0) is 61.7 Å². The van der Waals surface area contributed by atoms with Crippen LogP contribution in [0, 0.1) is 26.6 Å². The predicted molar refractivity (Wildman–Crippen MR) is 82.6 cm³/mol. The number of benzene rings is 2. The van der Waals surface area contributed by atoms with Gasteiger partial charge >= 0.3 is 0 Å². The van der Waals surface area contributed by atoms with Crippen LogP contribution in [0.25, 0.3) is 0 Å². The summed E-state index contributed by atoms with van der Waals surface area (Å²) in [7, 11) is 0. The Morgan fingerprint density at radius 1 is 1.00 bits per heavy atom. The van der Waals surface area contributed by atoms with E-state index in [-0.39, 0.29) is 11.3 Å². The molecule has 0 bridgehead atoms. The monoisotopic (exact) mass is 335 g/mol. The molecule has 0 fully saturated rings. The normalized spacial score (nSPS) is 10.7. The summed E-state index contributed by atoms with van der Waals surface area (Å²) in [5.74, 6) is -0.852. The van der Waals surface area contributed by atoms with E-state index in [1.807, 2.05) is 19.9 Å². The Balaban J connectivity index is 2.60. The maximum atomic E-state index is 14.1. The van der Waals surface area contributed by atoms with E-state index in [2.05, 4.69) is 15.9 Å². The molecule has 0 spiro atoms. The minimum Gasteiger partial charge on any atom is -0.399 e. The number of carbonyl (C=O) groups excluding carboxylic acids is 1. The van der Waals surface area contributed by atoms with Gasteiger partial charge in [-0.2, -0.15) is 0 Å². The highest BCUT2D eigenvalue weighted by molar-refractivity contribution is 9.10. The van der Waals surface area contributed by atoms with Gasteiger partial charge in [0.2, 0.25) is 0 Å². The molecular weight excluding hydrogens is 321 g/mol. The first-order valence-electron chi connectivity index (χ1n) is 6.18. The van der Waals surface area contributed by atoms with E-state index in [4.69, 9.17) is 5.73 Å². The fraction of sp³-hybridized carbons (Fsp3) is 0.188. The average Bonchev–Trinajstić information content (AvgIpc) is 2.37. The van der Waals surface area contributed by atoms with Crippen molar-refractivity contribution in [1.82, 2.24) is 0 Å². The van der Waals surface area contributed by atoms with Gasteiger partial charge in [0, 0.05) is 15.7 Å². The minimum atomic E-state index is -0.510. The summed E-state index contributed by atoms with van der Waals surface area (Å²) < 4.78 is 15.1. The van der Waals surface area contributed by atoms with Gasteiger partial charge in [-0.15, -0.1) is 0 Å². The van der Waals surface area contributed by atoms with Gasteiger partial charge in [0.05, 0.1) is 5.56 Å². The SMILES string of the molecule is Cc1cc(C(=O)c2cc(N)cc(C)c2F)c(C)cc1Br. The second-order valence-corrected chi connectivity index (χ2v) is 5.80. The van der Waals surface area contributed by atoms with Crippen LogP contribution >= 0.6 is 15.9 Å². The zero-order chi connectivity index (χ0) is 15.0. The van der Waals surface area contributed by atoms with E-state index in [1.165, 1.54) is 12.1 Å². The van der Waals surface area contributed by atoms with Crippen molar-refractivity contribution in [3.05, 3.63) is 62.4 Å². The number of nitrogen functional groups attached to an aromatic ring is 1. The number of aryl methyl sites for hydroxylation is 3. The van der Waals surface area contributed by atoms with Crippen molar-refractivity contribution < 1.29 is 9.18 Å². The number of halogens is 2. The van der Waals surface area contributed by atoms with E-state index in [0.717, 1.165) is 15.6 Å². The van der Waals surface area contributed by atoms with Gasteiger partial charge in [0.1, 0.15) is 5.82 Å². The van der Waals surface area contributed by atoms with Gasteiger partial charge in [0.25, 0.3) is 0 Å². The molecule has 0 saturated carbocycles. The van der Waals surface area contributed by atoms with E-state index in [0.29, 0.717) is 16.8 Å². The molecular formula is C16H15BrFNO. The highest BCUT2D eigenvalue weighted by atomic mass is 79.9. The molecule has 0 unspecified atom stereocenters. The Morgan fingerprint density at radius 3 is 2.30 bits per heavy atom. The summed E-state index contributed by atoms with van der Waals surface area (Å²) in [5.41, 5.74) is 8.72. The topological polar surface area (TPSA) is 43.1 Å². The van der Waals surface area contributed by atoms with Crippen LogP contribution in [0.3, 0.4) is 0 Å². The molecule has 4 heteroatoms. The second kappa shape index (κ2) is 5.37. The van der Waals surface area contributed by atoms with Crippen LogP contribution in [0.1, 0.15) is 32.6 Å². The molecule has 20 heavy (non-hydrogen) atoms. The Bertz CT molecular complexity index is 710. The molecule has 0 aliphatic rings. The first-order valence-corrected chi connectivity index (χ1v) is 6.97. The summed E-state index contributed by atoms with van der Waals surface area (Å²) in [4.78, 5) is 12.5. The van der Waals surface area contributed by atoms with Crippen molar-refractivity contribution in [1.29, 1.82) is 0 Å². The predicted octanol–water partition coefficient (Wildman–Crippen LogP) is 4.33. The molecule has 0 aromatic heterocycles. The van der Waals surface area contributed by atoms with Crippen molar-refractivity contribution in [3.8, 4) is 0 Å². The third kappa shape index (κ3) is 2.61. The average molecular weight is 336 g/mol. The molecule has 0 saturated heterocycles. The Kier molecular flexibility index (Phi) is 3.95. The fourth-order valence-corrected chi connectivity index (χ4v) is 2.59. The number of hydrogen-bond acceptors (Lipinski definition) is 2. The number of carbonyl (C=O) groups is 1. The van der Waals surface area contributed by atoms with E-state index < -0.39 is 5.82 Å². The number of nitrogens with two attached hydrogens (primary N) is 1. The molecule has 2 rings (SSSR count). The third-order valence-electron chi connectivity index (χ3n) is 3.27. The molecule has 2 aromatic carbocycles. The molecule has 2 N–H and O–H groups in total. The molecule has 0 atom stereocenters. The van der Waals surface area contributed by atoms with Crippen LogP contribution in [0.2, 0.25) is 0 Å². The Hall–Kier alpha value is -1.68. The zero-order valence-corrected chi connectivity index (χ0v) is 13.1. The zero-order valence-electron chi connectivity index (χ0n) is 11.6. The summed E-state index contributed by atoms with van der Waals surface area (Å²) in [6.07, 6.45) is 0. The van der Waals surface area contributed by atoms with Crippen molar-refractivity contribution in [2.24, 2.45) is 0 Å². The van der Waals surface area contributed by atoms with Crippen LogP contribution in [0.15, 0.2) is 28.7 Å². The standard InChI is InChI=1S/C16H15BrFNO/c1-8-6-14(17)9(2)5-12(8)16(20)13-7-11(19)4-10(3)15(13)18/h4-7H,19H2,1-3H3. The lowest BCUT2D eigenvalue weighted by Crippen LogP contribution is -2.09. The Labute approximate surface area is 125 Å². The van der Waals surface area contributed by atoms with E-state index in [9.17, 15) is 9.18 Å². The Morgan fingerprint density at radius 2 is 1.65 bits per heavy atom. The third-order valence-corrected chi connectivity index (χ3v) is 4.13. The highest BCUT2D eigenvalue weighted by Gasteiger charge is 2.19. The summed E-state index contributed by atoms with van der Waals surface area (Å²) in [5, 5.41) is 0. The highest BCUT2D eigenvalue weighted by Crippen LogP contribution is 2.25. The van der Waals surface area contributed by atoms with Gasteiger partial charge < -0.3 is 5.73 Å². The molecule has 2 nitrogen and oxygen atoms in total. The van der Waals surface area contributed by atoms with Gasteiger partial charge in [-0.1, -0.05) is 15.9 Å². The molecule has 0 heterocycles. The number of ketones is 1. The molecule has 104 valence electrons. The number of hydrogen-bond donors (Lipinski definition) is 1. The first-order chi connectivity index (χ1) is 9.31. The quantitative estimate of drug-likeness (QED) is 0.655. The van der Waals surface area contributed by atoms with Gasteiger partial charge in [-0.25, -0.2) is 4.39 Å². The van der Waals surface area contributed by atoms with E-state index in [1.54, 1.807) is 13.0 Å². The summed E-state index contributed by atoms with van der Waals surface area (Å²) in [6.45, 7) is 5.32. The maximum absolute atomic E-state index is 14.1. The first kappa shape index (κ1) is 14.7. The van der Waals surface area contributed by atoms with Crippen LogP contribution < -0.4 is 5.73 Å². The largest absolute Gasteiger partial charge is 0.399 e. The lowest BCUT2D eigenvalue weighted by Gasteiger charge is -2.11. The number of anilines is 1. The van der Waals surface area contributed by atoms with Crippen LogP contribution in [0.4, 0.5) is 10.1 Å². The number of rotatable bonds is 2. The summed E-state index contributed by atoms with van der Waals surface area (Å²) >= 11 is 3.42. The fourth-order valence-electron chi connectivity index (χ4n) is 2.13. The second-order valence-electron chi connectivity index (χ2n) is 4.94. The van der Waals surface area contributed by atoms with Crippen LogP contribution in [-0.4, -0.2) is 5.78 Å². The maximum Gasteiger partial charge on any atom is 0.196 e. The van der Waals surface area contributed by atoms with Gasteiger partial charge in [0.15, 0.2) is 5.78 Å². The van der Waals surface area contributed by atoms with E-state index >= 15 is 0 Å². The molecule has 0 aliphatic carbocycles. The van der Waals surface area contributed by atoms with Gasteiger partial charge in [-0.3, -0.25) is 4.79 Å². The van der Waals surface area contributed by atoms with Crippen molar-refractivity contribution in [2.75, 3.05) is 5.73 Å². The molecule has 0 aliphatic heterocycles. The molecule has 0 amide bonds.